The van der Waals surface area contributed by atoms with E-state index in [0.717, 1.165) is 12.8 Å². The Morgan fingerprint density at radius 2 is 0.688 bits per heavy atom. The van der Waals surface area contributed by atoms with Crippen molar-refractivity contribution in [2.24, 2.45) is 0 Å². The van der Waals surface area contributed by atoms with Crippen molar-refractivity contribution in [2.45, 2.75) is 159 Å². The molecular formula is C74H68N3O2P. The number of morpholine rings is 2. The zero-order valence-electron chi connectivity index (χ0n) is 45.4. The van der Waals surface area contributed by atoms with Crippen LogP contribution in [0.5, 0.6) is 0 Å². The van der Waals surface area contributed by atoms with E-state index in [9.17, 15) is 0 Å². The molecule has 0 spiro atoms. The molecule has 11 aliphatic rings. The van der Waals surface area contributed by atoms with E-state index < -0.39 is 18.8 Å². The molecule has 0 bridgehead atoms. The summed E-state index contributed by atoms with van der Waals surface area (Å²) < 4.78 is 15.2. The SMILES string of the molecule is c1ccc(C2(c3ccccc3)c3ccccc3-c3ccc(N4C5CCCC6C5P5C7C4CCC4OC8CCCC9OC%10CCC(C5C%10N(C89)C47)N6c4ccc5c(c4)C(c4ccccc4)(c4ccccc4)c4ccccc4-5)cc32)cc1. The fourth-order valence-corrected chi connectivity index (χ4v) is 26.0. The Morgan fingerprint density at radius 1 is 0.325 bits per heavy atom. The highest BCUT2D eigenvalue weighted by molar-refractivity contribution is 7.60. The van der Waals surface area contributed by atoms with Crippen molar-refractivity contribution in [1.29, 1.82) is 0 Å². The first-order valence-electron chi connectivity index (χ1n) is 30.8. The summed E-state index contributed by atoms with van der Waals surface area (Å²) in [5.74, 6) is 0. The van der Waals surface area contributed by atoms with E-state index in [-0.39, 0.29) is 12.2 Å². The van der Waals surface area contributed by atoms with Gasteiger partial charge in [-0.2, -0.15) is 0 Å². The third-order valence-corrected chi connectivity index (χ3v) is 27.0. The van der Waals surface area contributed by atoms with Crippen molar-refractivity contribution in [2.75, 3.05) is 9.80 Å². The minimum Gasteiger partial charge on any atom is -0.372 e. The van der Waals surface area contributed by atoms with Crippen LogP contribution in [0.25, 0.3) is 22.3 Å². The lowest BCUT2D eigenvalue weighted by molar-refractivity contribution is -0.276. The van der Waals surface area contributed by atoms with Crippen molar-refractivity contribution in [3.63, 3.8) is 0 Å². The molecule has 9 fully saturated rings. The van der Waals surface area contributed by atoms with Crippen LogP contribution in [0.1, 0.15) is 109 Å². The second-order valence-corrected chi connectivity index (χ2v) is 28.6. The molecule has 0 N–H and O–H groups in total. The van der Waals surface area contributed by atoms with Gasteiger partial charge in [-0.15, -0.1) is 0 Å². The van der Waals surface area contributed by atoms with Gasteiger partial charge in [0.15, 0.2) is 0 Å². The maximum absolute atomic E-state index is 7.62. The molecule has 4 saturated carbocycles. The minimum atomic E-state index is -0.443. The molecule has 8 aromatic carbocycles. The van der Waals surface area contributed by atoms with Gasteiger partial charge in [-0.25, -0.2) is 0 Å². The number of fused-ring (bicyclic) bond motifs is 6. The van der Waals surface area contributed by atoms with Gasteiger partial charge in [0, 0.05) is 64.6 Å². The predicted molar refractivity (Wildman–Crippen MR) is 323 cm³/mol. The van der Waals surface area contributed by atoms with E-state index in [1.807, 2.05) is 0 Å². The minimum absolute atomic E-state index is 0.275. The van der Waals surface area contributed by atoms with Gasteiger partial charge in [0.25, 0.3) is 0 Å². The molecular weight excluding hydrogens is 994 g/mol. The molecule has 19 rings (SSSR count). The number of benzene rings is 8. The first kappa shape index (κ1) is 46.3. The van der Waals surface area contributed by atoms with E-state index in [1.54, 1.807) is 0 Å². The molecule has 8 aromatic rings. The summed E-state index contributed by atoms with van der Waals surface area (Å²) in [7, 11) is -0.423. The number of nitrogens with zero attached hydrogens (tertiary/aromatic N) is 3. The van der Waals surface area contributed by atoms with Gasteiger partial charge >= 0.3 is 0 Å². The lowest BCUT2D eigenvalue weighted by atomic mass is 9.67. The standard InChI is InChI=1S/C74H68N3O2P/c1-5-19-45(20-6-1)73(46-21-7-2-8-22-46)55-29-15-13-27-51(55)53-37-35-49(43-57(53)73)75-59-31-17-32-60-70(59)80-71-61(75)39-41-65-68(71)77-67-63(78-65)33-18-34-64(67)79-66-42-40-62(72(80)69(66)77)76(60)50-36-38-54-52-28-14-16-30-56(52)74(58(54)44-50,47-23-9-3-10-24-47)48-25-11-4-12-26-48/h1-16,19-30,35-38,43-44,59-72H,17-18,31-34,39-42H2. The second kappa shape index (κ2) is 17.1. The van der Waals surface area contributed by atoms with Crippen molar-refractivity contribution in [3.05, 3.63) is 251 Å². The molecule has 396 valence electrons. The Morgan fingerprint density at radius 3 is 1.12 bits per heavy atom. The summed E-state index contributed by atoms with van der Waals surface area (Å²) in [5.41, 5.74) is 20.3. The molecule has 0 aromatic heterocycles. The first-order valence-corrected chi connectivity index (χ1v) is 32.4. The van der Waals surface area contributed by atoms with Crippen LogP contribution >= 0.6 is 7.92 Å². The Kier molecular flexibility index (Phi) is 9.91. The van der Waals surface area contributed by atoms with Gasteiger partial charge < -0.3 is 19.3 Å². The highest BCUT2D eigenvalue weighted by atomic mass is 31.1. The van der Waals surface area contributed by atoms with Crippen LogP contribution in [0, 0.1) is 0 Å². The summed E-state index contributed by atoms with van der Waals surface area (Å²) in [5, 5.41) is 0. The molecule has 0 radical (unpaired) electrons. The molecule has 6 heteroatoms. The summed E-state index contributed by atoms with van der Waals surface area (Å²) in [6.45, 7) is 0. The second-order valence-electron chi connectivity index (χ2n) is 25.9. The zero-order chi connectivity index (χ0) is 52.0. The molecule has 5 aliphatic heterocycles. The van der Waals surface area contributed by atoms with E-state index in [2.05, 4.69) is 221 Å². The smallest absolute Gasteiger partial charge is 0.0760 e. The van der Waals surface area contributed by atoms with Crippen LogP contribution in [-0.2, 0) is 20.3 Å². The van der Waals surface area contributed by atoms with Crippen LogP contribution in [-0.4, -0.2) is 88.6 Å². The monoisotopic (exact) mass is 1060 g/mol. The van der Waals surface area contributed by atoms with Gasteiger partial charge in [0.1, 0.15) is 0 Å². The maximum Gasteiger partial charge on any atom is 0.0760 e. The maximum atomic E-state index is 7.62. The molecule has 5 heterocycles. The fourth-order valence-electron chi connectivity index (χ4n) is 20.6. The molecule has 12 atom stereocenters. The highest BCUT2D eigenvalue weighted by Crippen LogP contribution is 2.75. The lowest BCUT2D eigenvalue weighted by Gasteiger charge is -2.78. The summed E-state index contributed by atoms with van der Waals surface area (Å²) in [4.78, 5) is 9.59. The Labute approximate surface area is 472 Å². The van der Waals surface area contributed by atoms with Crippen LogP contribution in [0.4, 0.5) is 11.4 Å². The highest BCUT2D eigenvalue weighted by Gasteiger charge is 2.74. The molecule has 5 nitrogen and oxygen atoms in total. The zero-order valence-corrected chi connectivity index (χ0v) is 46.3. The molecule has 0 amide bonds. The Balaban J connectivity index is 0.827. The van der Waals surface area contributed by atoms with Gasteiger partial charge in [-0.3, -0.25) is 4.90 Å². The summed E-state index contributed by atoms with van der Waals surface area (Å²) >= 11 is 0. The number of anilines is 2. The van der Waals surface area contributed by atoms with Crippen LogP contribution in [0.15, 0.2) is 206 Å². The molecule has 6 aliphatic carbocycles. The lowest BCUT2D eigenvalue weighted by Crippen LogP contribution is -2.87. The quantitative estimate of drug-likeness (QED) is 0.155. The van der Waals surface area contributed by atoms with Crippen molar-refractivity contribution < 1.29 is 9.47 Å². The van der Waals surface area contributed by atoms with E-state index in [0.29, 0.717) is 71.5 Å². The number of ether oxygens (including phenoxy) is 2. The third-order valence-electron chi connectivity index (χ3n) is 22.9. The average molecular weight is 1060 g/mol. The first-order chi connectivity index (χ1) is 39.7. The number of rotatable bonds is 6. The van der Waals surface area contributed by atoms with Gasteiger partial charge in [0.2, 0.25) is 0 Å². The van der Waals surface area contributed by atoms with Crippen molar-refractivity contribution in [3.8, 4) is 22.3 Å². The summed E-state index contributed by atoms with van der Waals surface area (Å²) in [6, 6.07) is 83.6. The molecule has 80 heavy (non-hydrogen) atoms. The number of hydrogen-bond acceptors (Lipinski definition) is 5. The third kappa shape index (κ3) is 5.84. The van der Waals surface area contributed by atoms with Gasteiger partial charge in [-0.1, -0.05) is 190 Å². The predicted octanol–water partition coefficient (Wildman–Crippen LogP) is 14.7. The van der Waals surface area contributed by atoms with Gasteiger partial charge in [0.05, 0.1) is 41.3 Å². The molecule has 12 unspecified atom stereocenters. The van der Waals surface area contributed by atoms with Crippen LogP contribution in [0.2, 0.25) is 0 Å². The number of hydrogen-bond donors (Lipinski definition) is 0. The van der Waals surface area contributed by atoms with E-state index in [1.165, 1.54) is 130 Å². The molecule has 5 saturated heterocycles. The summed E-state index contributed by atoms with van der Waals surface area (Å²) in [6.07, 6.45) is 13.2. The normalized spacial score (nSPS) is 34.4. The van der Waals surface area contributed by atoms with Gasteiger partial charge in [-0.05, 0) is 155 Å². The Hall–Kier alpha value is -6.33. The van der Waals surface area contributed by atoms with Crippen molar-refractivity contribution in [1.82, 2.24) is 4.90 Å². The van der Waals surface area contributed by atoms with Crippen LogP contribution < -0.4 is 9.80 Å². The van der Waals surface area contributed by atoms with E-state index >= 15 is 0 Å². The fraction of sp³-hybridized carbons (Fsp3) is 0.351. The average Bonchev–Trinajstić information content (AvgIpc) is 3.68. The largest absolute Gasteiger partial charge is 0.372 e. The van der Waals surface area contributed by atoms with E-state index in [4.69, 9.17) is 9.47 Å². The van der Waals surface area contributed by atoms with Crippen LogP contribution in [0.3, 0.4) is 0 Å². The Bertz CT molecular complexity index is 3440. The topological polar surface area (TPSA) is 28.2 Å². The van der Waals surface area contributed by atoms with Crippen molar-refractivity contribution >= 4 is 19.3 Å².